The van der Waals surface area contributed by atoms with Gasteiger partial charge in [0, 0.05) is 12.0 Å². The fourth-order valence-electron chi connectivity index (χ4n) is 5.27. The van der Waals surface area contributed by atoms with Gasteiger partial charge in [0.2, 0.25) is 0 Å². The van der Waals surface area contributed by atoms with Gasteiger partial charge < -0.3 is 10.1 Å². The van der Waals surface area contributed by atoms with Crippen LogP contribution in [0.4, 0.5) is 4.79 Å². The summed E-state index contributed by atoms with van der Waals surface area (Å²) in [5, 5.41) is 3.05. The number of amides is 1. The van der Waals surface area contributed by atoms with Crippen LogP contribution >= 0.6 is 0 Å². The number of rotatable bonds is 5. The van der Waals surface area contributed by atoms with Crippen LogP contribution in [0, 0.1) is 0 Å². The molecule has 5 rings (SSSR count). The first kappa shape index (κ1) is 19.9. The highest BCUT2D eigenvalue weighted by Gasteiger charge is 2.29. The number of carbonyl (C=O) groups is 1. The van der Waals surface area contributed by atoms with Crippen molar-refractivity contribution in [2.45, 2.75) is 51.0 Å². The minimum Gasteiger partial charge on any atom is -0.449 e. The van der Waals surface area contributed by atoms with Crippen molar-refractivity contribution in [3.8, 4) is 11.1 Å². The lowest BCUT2D eigenvalue weighted by molar-refractivity contribution is 0.139. The van der Waals surface area contributed by atoms with Gasteiger partial charge in [-0.25, -0.2) is 4.79 Å². The van der Waals surface area contributed by atoms with Crippen LogP contribution in [0.25, 0.3) is 11.1 Å². The zero-order chi connectivity index (χ0) is 21.2. The van der Waals surface area contributed by atoms with Crippen LogP contribution in [-0.4, -0.2) is 18.7 Å². The predicted molar refractivity (Wildman–Crippen MR) is 124 cm³/mol. The fraction of sp³-hybridized carbons (Fsp3) is 0.321. The van der Waals surface area contributed by atoms with E-state index < -0.39 is 0 Å². The van der Waals surface area contributed by atoms with E-state index in [9.17, 15) is 4.79 Å². The molecule has 1 N–H and O–H groups in total. The molecule has 3 heteroatoms. The predicted octanol–water partition coefficient (Wildman–Crippen LogP) is 6.04. The monoisotopic (exact) mass is 411 g/mol. The lowest BCUT2D eigenvalue weighted by atomic mass is 9.86. The average molecular weight is 412 g/mol. The Hall–Kier alpha value is -3.07. The molecule has 158 valence electrons. The topological polar surface area (TPSA) is 38.3 Å². The molecule has 2 aliphatic rings. The van der Waals surface area contributed by atoms with Crippen LogP contribution in [0.15, 0.2) is 66.7 Å². The number of alkyl carbamates (subject to hydrolysis) is 1. The molecule has 31 heavy (non-hydrogen) atoms. The second-order valence-electron chi connectivity index (χ2n) is 8.84. The summed E-state index contributed by atoms with van der Waals surface area (Å²) in [7, 11) is 0. The van der Waals surface area contributed by atoms with Gasteiger partial charge >= 0.3 is 6.09 Å². The van der Waals surface area contributed by atoms with E-state index >= 15 is 0 Å². The molecule has 0 saturated carbocycles. The highest BCUT2D eigenvalue weighted by molar-refractivity contribution is 5.79. The van der Waals surface area contributed by atoms with E-state index in [1.807, 2.05) is 0 Å². The zero-order valence-corrected chi connectivity index (χ0v) is 18.1. The van der Waals surface area contributed by atoms with Crippen LogP contribution in [0.2, 0.25) is 0 Å². The first-order chi connectivity index (χ1) is 15.2. The summed E-state index contributed by atoms with van der Waals surface area (Å²) in [6, 6.07) is 23.5. The Balaban J connectivity index is 1.22. The minimum absolute atomic E-state index is 0.0316. The molecule has 3 aromatic carbocycles. The smallest absolute Gasteiger partial charge is 0.407 e. The Morgan fingerprint density at radius 2 is 1.61 bits per heavy atom. The number of carbonyl (C=O) groups excluding carboxylic acids is 1. The SMILES string of the molecule is C[C@@H](Cc1cccc2c1CCCC2)NC(=O)OCC1c2ccccc2-c2ccccc21. The highest BCUT2D eigenvalue weighted by Crippen LogP contribution is 2.44. The molecule has 2 aliphatic carbocycles. The largest absolute Gasteiger partial charge is 0.449 e. The second kappa shape index (κ2) is 8.58. The van der Waals surface area contributed by atoms with Crippen molar-refractivity contribution in [3.05, 3.63) is 94.5 Å². The van der Waals surface area contributed by atoms with E-state index in [4.69, 9.17) is 4.74 Å². The fourth-order valence-corrected chi connectivity index (χ4v) is 5.27. The number of fused-ring (bicyclic) bond motifs is 4. The molecule has 0 spiro atoms. The van der Waals surface area contributed by atoms with Gasteiger partial charge in [-0.3, -0.25) is 0 Å². The summed E-state index contributed by atoms with van der Waals surface area (Å²) < 4.78 is 5.71. The van der Waals surface area contributed by atoms with Crippen LogP contribution in [-0.2, 0) is 24.0 Å². The maximum absolute atomic E-state index is 12.6. The Kier molecular flexibility index (Phi) is 5.50. The Bertz CT molecular complexity index is 1060. The maximum atomic E-state index is 12.6. The Morgan fingerprint density at radius 3 is 2.35 bits per heavy atom. The van der Waals surface area contributed by atoms with Crippen molar-refractivity contribution < 1.29 is 9.53 Å². The molecule has 0 radical (unpaired) electrons. The van der Waals surface area contributed by atoms with Gasteiger partial charge in [-0.15, -0.1) is 0 Å². The molecule has 0 bridgehead atoms. The first-order valence-electron chi connectivity index (χ1n) is 11.4. The van der Waals surface area contributed by atoms with E-state index in [0.717, 1.165) is 12.8 Å². The Labute approximate surface area is 184 Å². The molecule has 0 fully saturated rings. The standard InChI is InChI=1S/C28H29NO2/c1-19(17-21-11-8-10-20-9-2-3-12-22(20)21)29-28(30)31-18-27-25-15-6-4-13-23(25)24-14-5-7-16-26(24)27/h4-8,10-11,13-16,19,27H,2-3,9,12,17-18H2,1H3,(H,29,30)/t19-/m0/s1. The molecular formula is C28H29NO2. The molecule has 1 amide bonds. The van der Waals surface area contributed by atoms with Crippen LogP contribution < -0.4 is 5.32 Å². The average Bonchev–Trinajstić information content (AvgIpc) is 3.12. The van der Waals surface area contributed by atoms with Gasteiger partial charge in [-0.05, 0) is 78.0 Å². The van der Waals surface area contributed by atoms with Crippen molar-refractivity contribution in [1.82, 2.24) is 5.32 Å². The number of hydrogen-bond donors (Lipinski definition) is 1. The lowest BCUT2D eigenvalue weighted by Gasteiger charge is -2.22. The molecule has 1 atom stereocenters. The highest BCUT2D eigenvalue weighted by atomic mass is 16.5. The van der Waals surface area contributed by atoms with E-state index in [1.165, 1.54) is 58.2 Å². The quantitative estimate of drug-likeness (QED) is 0.556. The number of hydrogen-bond acceptors (Lipinski definition) is 2. The minimum atomic E-state index is -0.334. The zero-order valence-electron chi connectivity index (χ0n) is 18.1. The van der Waals surface area contributed by atoms with Gasteiger partial charge in [-0.1, -0.05) is 66.7 Å². The number of aryl methyl sites for hydroxylation is 1. The third-order valence-corrected chi connectivity index (χ3v) is 6.73. The van der Waals surface area contributed by atoms with E-state index in [1.54, 1.807) is 0 Å². The molecule has 3 aromatic rings. The van der Waals surface area contributed by atoms with Crippen LogP contribution in [0.3, 0.4) is 0 Å². The maximum Gasteiger partial charge on any atom is 0.407 e. The molecular weight excluding hydrogens is 382 g/mol. The molecule has 0 unspecified atom stereocenters. The van der Waals surface area contributed by atoms with Crippen molar-refractivity contribution in [3.63, 3.8) is 0 Å². The summed E-state index contributed by atoms with van der Waals surface area (Å²) in [4.78, 5) is 12.6. The summed E-state index contributed by atoms with van der Waals surface area (Å²) in [5.74, 6) is 0.0922. The Morgan fingerprint density at radius 1 is 0.935 bits per heavy atom. The third kappa shape index (κ3) is 3.97. The summed E-state index contributed by atoms with van der Waals surface area (Å²) in [5.41, 5.74) is 9.31. The lowest BCUT2D eigenvalue weighted by Crippen LogP contribution is -2.35. The van der Waals surface area contributed by atoms with Crippen molar-refractivity contribution in [1.29, 1.82) is 0 Å². The normalized spacial score (nSPS) is 15.5. The van der Waals surface area contributed by atoms with Gasteiger partial charge in [-0.2, -0.15) is 0 Å². The van der Waals surface area contributed by atoms with Gasteiger partial charge in [0.1, 0.15) is 6.61 Å². The third-order valence-electron chi connectivity index (χ3n) is 6.73. The molecule has 3 nitrogen and oxygen atoms in total. The van der Waals surface area contributed by atoms with Gasteiger partial charge in [0.15, 0.2) is 0 Å². The molecule has 0 heterocycles. The van der Waals surface area contributed by atoms with Crippen molar-refractivity contribution >= 4 is 6.09 Å². The van der Waals surface area contributed by atoms with Crippen LogP contribution in [0.1, 0.15) is 53.5 Å². The second-order valence-corrected chi connectivity index (χ2v) is 8.84. The van der Waals surface area contributed by atoms with Gasteiger partial charge in [0.05, 0.1) is 0 Å². The summed E-state index contributed by atoms with van der Waals surface area (Å²) in [6.07, 6.45) is 5.38. The number of benzene rings is 3. The van der Waals surface area contributed by atoms with Crippen LogP contribution in [0.5, 0.6) is 0 Å². The van der Waals surface area contributed by atoms with Crippen molar-refractivity contribution in [2.24, 2.45) is 0 Å². The van der Waals surface area contributed by atoms with E-state index in [2.05, 4.69) is 79.0 Å². The summed E-state index contributed by atoms with van der Waals surface area (Å²) in [6.45, 7) is 2.41. The van der Waals surface area contributed by atoms with Crippen molar-refractivity contribution in [2.75, 3.05) is 6.61 Å². The van der Waals surface area contributed by atoms with E-state index in [0.29, 0.717) is 6.61 Å². The van der Waals surface area contributed by atoms with Gasteiger partial charge in [0.25, 0.3) is 0 Å². The first-order valence-corrected chi connectivity index (χ1v) is 11.4. The molecule has 0 aliphatic heterocycles. The molecule has 0 aromatic heterocycles. The number of ether oxygens (including phenoxy) is 1. The summed E-state index contributed by atoms with van der Waals surface area (Å²) >= 11 is 0. The number of nitrogens with one attached hydrogen (secondary N) is 1. The van der Waals surface area contributed by atoms with E-state index in [-0.39, 0.29) is 18.1 Å². The molecule has 0 saturated heterocycles.